The van der Waals surface area contributed by atoms with Crippen molar-refractivity contribution in [3.8, 4) is 0 Å². The first-order chi connectivity index (χ1) is 5.04. The second kappa shape index (κ2) is 4.49. The number of rotatable bonds is 4. The standard InChI is InChI=1S/C7H10O4/c1-5(2)6(8)3-4-11-7(9)10/h1,3-4H2,2H3,(H,9,10). The Bertz CT molecular complexity index is 183. The lowest BCUT2D eigenvalue weighted by Crippen LogP contribution is -2.07. The number of carbonyl (C=O) groups is 2. The first-order valence-corrected chi connectivity index (χ1v) is 3.08. The number of Topliss-reactive ketones (excluding diaryl/α,β-unsaturated/α-hetero) is 1. The van der Waals surface area contributed by atoms with Gasteiger partial charge in [0.05, 0.1) is 0 Å². The van der Waals surface area contributed by atoms with Crippen molar-refractivity contribution in [2.45, 2.75) is 13.3 Å². The van der Waals surface area contributed by atoms with Crippen LogP contribution < -0.4 is 0 Å². The normalized spacial score (nSPS) is 8.82. The Balaban J connectivity index is 3.47. The molecule has 0 aliphatic carbocycles. The summed E-state index contributed by atoms with van der Waals surface area (Å²) in [4.78, 5) is 20.5. The van der Waals surface area contributed by atoms with E-state index in [1.54, 1.807) is 6.92 Å². The Hall–Kier alpha value is -1.32. The highest BCUT2D eigenvalue weighted by Gasteiger charge is 2.03. The SMILES string of the molecule is C=C(C)C(=O)CCOC(=O)O. The van der Waals surface area contributed by atoms with Gasteiger partial charge in [-0.2, -0.15) is 0 Å². The lowest BCUT2D eigenvalue weighted by Gasteiger charge is -1.98. The summed E-state index contributed by atoms with van der Waals surface area (Å²) in [7, 11) is 0. The van der Waals surface area contributed by atoms with Crippen LogP contribution in [-0.4, -0.2) is 23.7 Å². The van der Waals surface area contributed by atoms with E-state index in [1.807, 2.05) is 0 Å². The fraction of sp³-hybridized carbons (Fsp3) is 0.429. The predicted octanol–water partition coefficient (Wildman–Crippen LogP) is 1.22. The molecule has 0 spiro atoms. The summed E-state index contributed by atoms with van der Waals surface area (Å²) in [5.74, 6) is -0.175. The first kappa shape index (κ1) is 9.68. The van der Waals surface area contributed by atoms with Crippen molar-refractivity contribution in [1.82, 2.24) is 0 Å². The molecule has 0 fully saturated rings. The van der Waals surface area contributed by atoms with E-state index < -0.39 is 6.16 Å². The summed E-state index contributed by atoms with van der Waals surface area (Å²) < 4.78 is 4.12. The van der Waals surface area contributed by atoms with Crippen LogP contribution in [0.4, 0.5) is 4.79 Å². The molecule has 0 rings (SSSR count). The van der Waals surface area contributed by atoms with Gasteiger partial charge in [0.2, 0.25) is 0 Å². The second-order valence-corrected chi connectivity index (χ2v) is 2.07. The van der Waals surface area contributed by atoms with Crippen LogP contribution >= 0.6 is 0 Å². The van der Waals surface area contributed by atoms with Crippen LogP contribution in [0.25, 0.3) is 0 Å². The number of ether oxygens (including phenoxy) is 1. The molecule has 4 heteroatoms. The number of carboxylic acid groups (broad SMARTS) is 1. The van der Waals surface area contributed by atoms with Crippen molar-refractivity contribution in [2.75, 3.05) is 6.61 Å². The molecule has 0 amide bonds. The maximum absolute atomic E-state index is 10.8. The van der Waals surface area contributed by atoms with Crippen LogP contribution in [0.15, 0.2) is 12.2 Å². The van der Waals surface area contributed by atoms with Gasteiger partial charge in [0, 0.05) is 6.42 Å². The van der Waals surface area contributed by atoms with E-state index in [0.717, 1.165) is 0 Å². The average Bonchev–Trinajstić information content (AvgIpc) is 1.86. The third-order valence-electron chi connectivity index (χ3n) is 1.03. The van der Waals surface area contributed by atoms with E-state index in [9.17, 15) is 9.59 Å². The number of allylic oxidation sites excluding steroid dienone is 1. The molecule has 0 radical (unpaired) electrons. The van der Waals surface area contributed by atoms with Crippen molar-refractivity contribution >= 4 is 11.9 Å². The van der Waals surface area contributed by atoms with Gasteiger partial charge in [-0.3, -0.25) is 4.79 Å². The molecular formula is C7H10O4. The van der Waals surface area contributed by atoms with Gasteiger partial charge in [-0.25, -0.2) is 4.79 Å². The largest absolute Gasteiger partial charge is 0.505 e. The van der Waals surface area contributed by atoms with Crippen molar-refractivity contribution in [1.29, 1.82) is 0 Å². The van der Waals surface area contributed by atoms with Crippen molar-refractivity contribution in [3.63, 3.8) is 0 Å². The highest BCUT2D eigenvalue weighted by Crippen LogP contribution is 1.95. The maximum atomic E-state index is 10.8. The average molecular weight is 158 g/mol. The molecule has 0 unspecified atom stereocenters. The van der Waals surface area contributed by atoms with Crippen LogP contribution in [0.5, 0.6) is 0 Å². The van der Waals surface area contributed by atoms with Crippen LogP contribution in [0.3, 0.4) is 0 Å². The zero-order valence-corrected chi connectivity index (χ0v) is 6.29. The summed E-state index contributed by atoms with van der Waals surface area (Å²) >= 11 is 0. The van der Waals surface area contributed by atoms with Gasteiger partial charge < -0.3 is 9.84 Å². The lowest BCUT2D eigenvalue weighted by atomic mass is 10.2. The number of hydrogen-bond acceptors (Lipinski definition) is 3. The topological polar surface area (TPSA) is 63.6 Å². The minimum atomic E-state index is -1.36. The Kier molecular flexibility index (Phi) is 3.95. The Labute approximate surface area is 64.5 Å². The van der Waals surface area contributed by atoms with Crippen LogP contribution in [0, 0.1) is 0 Å². The van der Waals surface area contributed by atoms with Gasteiger partial charge in [0.25, 0.3) is 0 Å². The Morgan fingerprint density at radius 1 is 1.55 bits per heavy atom. The minimum absolute atomic E-state index is 0.0711. The fourth-order valence-electron chi connectivity index (χ4n) is 0.444. The van der Waals surface area contributed by atoms with Crippen molar-refractivity contribution < 1.29 is 19.4 Å². The minimum Gasteiger partial charge on any atom is -0.450 e. The van der Waals surface area contributed by atoms with Gasteiger partial charge >= 0.3 is 6.16 Å². The van der Waals surface area contributed by atoms with Crippen LogP contribution in [0.2, 0.25) is 0 Å². The molecular weight excluding hydrogens is 148 g/mol. The third-order valence-corrected chi connectivity index (χ3v) is 1.03. The smallest absolute Gasteiger partial charge is 0.450 e. The highest BCUT2D eigenvalue weighted by atomic mass is 16.7. The molecule has 0 aromatic carbocycles. The Morgan fingerprint density at radius 2 is 2.09 bits per heavy atom. The monoisotopic (exact) mass is 158 g/mol. The molecule has 0 heterocycles. The molecule has 0 bridgehead atoms. The number of ketones is 1. The van der Waals surface area contributed by atoms with E-state index >= 15 is 0 Å². The van der Waals surface area contributed by atoms with E-state index in [4.69, 9.17) is 5.11 Å². The lowest BCUT2D eigenvalue weighted by molar-refractivity contribution is -0.116. The van der Waals surface area contributed by atoms with Gasteiger partial charge in [-0.1, -0.05) is 6.58 Å². The van der Waals surface area contributed by atoms with Crippen LogP contribution in [-0.2, 0) is 9.53 Å². The summed E-state index contributed by atoms with van der Waals surface area (Å²) in [6.07, 6.45) is -1.29. The van der Waals surface area contributed by atoms with Crippen molar-refractivity contribution in [3.05, 3.63) is 12.2 Å². The molecule has 62 valence electrons. The van der Waals surface area contributed by atoms with E-state index in [2.05, 4.69) is 11.3 Å². The fourth-order valence-corrected chi connectivity index (χ4v) is 0.444. The quantitative estimate of drug-likeness (QED) is 0.493. The van der Waals surface area contributed by atoms with E-state index in [1.165, 1.54) is 0 Å². The van der Waals surface area contributed by atoms with Gasteiger partial charge in [-0.05, 0) is 12.5 Å². The molecule has 11 heavy (non-hydrogen) atoms. The highest BCUT2D eigenvalue weighted by molar-refractivity contribution is 5.94. The predicted molar refractivity (Wildman–Crippen MR) is 38.4 cm³/mol. The maximum Gasteiger partial charge on any atom is 0.505 e. The molecule has 0 aromatic rings. The van der Waals surface area contributed by atoms with Crippen molar-refractivity contribution in [2.24, 2.45) is 0 Å². The molecule has 1 N–H and O–H groups in total. The number of carbonyl (C=O) groups excluding carboxylic acids is 1. The van der Waals surface area contributed by atoms with Gasteiger partial charge in [0.1, 0.15) is 6.61 Å². The molecule has 4 nitrogen and oxygen atoms in total. The summed E-state index contributed by atoms with van der Waals surface area (Å²) in [6.45, 7) is 4.88. The molecule has 0 saturated heterocycles. The zero-order chi connectivity index (χ0) is 8.85. The van der Waals surface area contributed by atoms with Gasteiger partial charge in [0.15, 0.2) is 5.78 Å². The summed E-state index contributed by atoms with van der Waals surface area (Å²) in [5, 5.41) is 8.01. The summed E-state index contributed by atoms with van der Waals surface area (Å²) in [5.41, 5.74) is 0.416. The van der Waals surface area contributed by atoms with Crippen LogP contribution in [0.1, 0.15) is 13.3 Å². The van der Waals surface area contributed by atoms with Gasteiger partial charge in [-0.15, -0.1) is 0 Å². The third kappa shape index (κ3) is 5.14. The summed E-state index contributed by atoms with van der Waals surface area (Å²) in [6, 6.07) is 0. The second-order valence-electron chi connectivity index (χ2n) is 2.07. The number of hydrogen-bond donors (Lipinski definition) is 1. The first-order valence-electron chi connectivity index (χ1n) is 3.08. The molecule has 0 aromatic heterocycles. The van der Waals surface area contributed by atoms with E-state index in [0.29, 0.717) is 5.57 Å². The molecule has 0 saturated carbocycles. The van der Waals surface area contributed by atoms with E-state index in [-0.39, 0.29) is 18.8 Å². The molecule has 0 aliphatic heterocycles. The zero-order valence-electron chi connectivity index (χ0n) is 6.29. The molecule has 0 atom stereocenters. The Morgan fingerprint density at radius 3 is 2.45 bits per heavy atom. The molecule has 0 aliphatic rings.